The zero-order chi connectivity index (χ0) is 12.4. The van der Waals surface area contributed by atoms with Crippen molar-refractivity contribution in [1.82, 2.24) is 9.78 Å². The van der Waals surface area contributed by atoms with Crippen LogP contribution in [0.4, 0.5) is 5.82 Å². The number of nitrogens with zero attached hydrogens (tertiary/aromatic N) is 2. The third-order valence-electron chi connectivity index (χ3n) is 2.50. The molecular weight excluding hydrogens is 282 g/mol. The summed E-state index contributed by atoms with van der Waals surface area (Å²) in [4.78, 5) is 12.1. The lowest BCUT2D eigenvalue weighted by Crippen LogP contribution is -2.15. The number of amides is 1. The number of halogens is 1. The van der Waals surface area contributed by atoms with Crippen LogP contribution in [0.1, 0.15) is 15.9 Å². The van der Waals surface area contributed by atoms with Crippen molar-refractivity contribution in [3.63, 3.8) is 0 Å². The molecule has 5 heteroatoms. The summed E-state index contributed by atoms with van der Waals surface area (Å²) < 4.78 is 2.43. The molecule has 0 aliphatic carbocycles. The van der Waals surface area contributed by atoms with E-state index in [1.807, 2.05) is 19.1 Å². The van der Waals surface area contributed by atoms with E-state index in [0.717, 1.165) is 10.0 Å². The van der Waals surface area contributed by atoms with Crippen molar-refractivity contribution in [2.24, 2.45) is 7.05 Å². The molecule has 0 aliphatic rings. The Morgan fingerprint density at radius 3 is 2.82 bits per heavy atom. The second kappa shape index (κ2) is 4.71. The van der Waals surface area contributed by atoms with Gasteiger partial charge in [-0.2, -0.15) is 5.10 Å². The summed E-state index contributed by atoms with van der Waals surface area (Å²) in [7, 11) is 1.78. The number of aromatic nitrogens is 2. The highest BCUT2D eigenvalue weighted by atomic mass is 79.9. The molecule has 0 radical (unpaired) electrons. The van der Waals surface area contributed by atoms with Crippen LogP contribution in [0.2, 0.25) is 0 Å². The monoisotopic (exact) mass is 293 g/mol. The quantitative estimate of drug-likeness (QED) is 0.925. The van der Waals surface area contributed by atoms with E-state index in [0.29, 0.717) is 11.4 Å². The van der Waals surface area contributed by atoms with E-state index >= 15 is 0 Å². The van der Waals surface area contributed by atoms with Crippen LogP contribution in [0.15, 0.2) is 34.9 Å². The zero-order valence-electron chi connectivity index (χ0n) is 9.57. The van der Waals surface area contributed by atoms with E-state index in [1.165, 1.54) is 0 Å². The lowest BCUT2D eigenvalue weighted by Gasteiger charge is -2.08. The number of hydrogen-bond acceptors (Lipinski definition) is 2. The van der Waals surface area contributed by atoms with Gasteiger partial charge in [0, 0.05) is 17.6 Å². The highest BCUT2D eigenvalue weighted by Gasteiger charge is 2.12. The number of anilines is 1. The van der Waals surface area contributed by atoms with E-state index in [1.54, 1.807) is 30.1 Å². The lowest BCUT2D eigenvalue weighted by molar-refractivity contribution is 0.102. The van der Waals surface area contributed by atoms with Crippen LogP contribution in [0.3, 0.4) is 0 Å². The van der Waals surface area contributed by atoms with Gasteiger partial charge in [-0.1, -0.05) is 12.1 Å². The van der Waals surface area contributed by atoms with E-state index in [2.05, 4.69) is 26.3 Å². The summed E-state index contributed by atoms with van der Waals surface area (Å²) in [5.74, 6) is 0.521. The second-order valence-electron chi connectivity index (χ2n) is 3.73. The number of benzene rings is 1. The average Bonchev–Trinajstić information content (AvgIpc) is 2.68. The molecule has 0 aliphatic heterocycles. The van der Waals surface area contributed by atoms with E-state index in [-0.39, 0.29) is 5.91 Å². The molecule has 17 heavy (non-hydrogen) atoms. The maximum absolute atomic E-state index is 12.1. The topological polar surface area (TPSA) is 46.9 Å². The fourth-order valence-corrected chi connectivity index (χ4v) is 1.95. The van der Waals surface area contributed by atoms with Gasteiger partial charge in [0.2, 0.25) is 0 Å². The molecule has 1 aromatic heterocycles. The van der Waals surface area contributed by atoms with Crippen LogP contribution in [-0.4, -0.2) is 15.7 Å². The molecule has 1 heterocycles. The number of carbonyl (C=O) groups excluding carboxylic acids is 1. The van der Waals surface area contributed by atoms with Crippen molar-refractivity contribution in [3.8, 4) is 0 Å². The average molecular weight is 294 g/mol. The van der Waals surface area contributed by atoms with E-state index < -0.39 is 0 Å². The Morgan fingerprint density at radius 1 is 1.41 bits per heavy atom. The van der Waals surface area contributed by atoms with E-state index in [4.69, 9.17) is 0 Å². The van der Waals surface area contributed by atoms with Gasteiger partial charge in [0.15, 0.2) is 0 Å². The fourth-order valence-electron chi connectivity index (χ4n) is 1.50. The minimum Gasteiger partial charge on any atom is -0.307 e. The zero-order valence-corrected chi connectivity index (χ0v) is 11.2. The summed E-state index contributed by atoms with van der Waals surface area (Å²) in [5.41, 5.74) is 1.65. The molecule has 1 N–H and O–H groups in total. The Hall–Kier alpha value is -1.62. The summed E-state index contributed by atoms with van der Waals surface area (Å²) >= 11 is 3.42. The molecule has 1 aromatic carbocycles. The van der Waals surface area contributed by atoms with Gasteiger partial charge in [-0.15, -0.1) is 0 Å². The van der Waals surface area contributed by atoms with Crippen molar-refractivity contribution >= 4 is 27.7 Å². The molecule has 0 spiro atoms. The first-order valence-electron chi connectivity index (χ1n) is 5.14. The highest BCUT2D eigenvalue weighted by Crippen LogP contribution is 2.21. The Kier molecular flexibility index (Phi) is 3.28. The van der Waals surface area contributed by atoms with Gasteiger partial charge >= 0.3 is 0 Å². The fraction of sp³-hybridized carbons (Fsp3) is 0.167. The Bertz CT molecular complexity index is 563. The summed E-state index contributed by atoms with van der Waals surface area (Å²) in [6.07, 6.45) is 1.64. The number of aryl methyl sites for hydroxylation is 2. The molecule has 2 rings (SSSR count). The van der Waals surface area contributed by atoms with Gasteiger partial charge in [-0.05, 0) is 34.5 Å². The molecule has 1 amide bonds. The van der Waals surface area contributed by atoms with Crippen LogP contribution in [0, 0.1) is 6.92 Å². The van der Waals surface area contributed by atoms with Gasteiger partial charge in [0.1, 0.15) is 5.82 Å². The summed E-state index contributed by atoms with van der Waals surface area (Å²) in [5, 5.41) is 6.80. The first-order valence-corrected chi connectivity index (χ1v) is 5.93. The number of hydrogen-bond donors (Lipinski definition) is 1. The third kappa shape index (κ3) is 2.39. The van der Waals surface area contributed by atoms with Crippen molar-refractivity contribution in [1.29, 1.82) is 0 Å². The summed E-state index contributed by atoms with van der Waals surface area (Å²) in [6.45, 7) is 1.95. The van der Waals surface area contributed by atoms with Crippen molar-refractivity contribution < 1.29 is 4.79 Å². The Morgan fingerprint density at radius 2 is 2.18 bits per heavy atom. The predicted octanol–water partition coefficient (Wildman–Crippen LogP) is 2.74. The lowest BCUT2D eigenvalue weighted by atomic mass is 10.1. The molecule has 0 atom stereocenters. The first kappa shape index (κ1) is 11.9. The standard InChI is InChI=1S/C12H12BrN3O/c1-8-4-3-5-9(11(8)13)12(17)15-10-6-7-14-16(10)2/h3-7H,1-2H3,(H,15,17). The van der Waals surface area contributed by atoms with Gasteiger partial charge in [-0.25, -0.2) is 0 Å². The maximum Gasteiger partial charge on any atom is 0.257 e. The normalized spacial score (nSPS) is 10.3. The van der Waals surface area contributed by atoms with Gasteiger partial charge in [0.05, 0.1) is 11.8 Å². The minimum absolute atomic E-state index is 0.149. The molecule has 4 nitrogen and oxygen atoms in total. The second-order valence-corrected chi connectivity index (χ2v) is 4.52. The highest BCUT2D eigenvalue weighted by molar-refractivity contribution is 9.10. The maximum atomic E-state index is 12.1. The van der Waals surface area contributed by atoms with Crippen molar-refractivity contribution in [2.75, 3.05) is 5.32 Å². The molecule has 2 aromatic rings. The predicted molar refractivity (Wildman–Crippen MR) is 70.0 cm³/mol. The van der Waals surface area contributed by atoms with Crippen molar-refractivity contribution in [3.05, 3.63) is 46.1 Å². The van der Waals surface area contributed by atoms with E-state index in [9.17, 15) is 4.79 Å². The Balaban J connectivity index is 2.27. The molecule has 88 valence electrons. The van der Waals surface area contributed by atoms with Gasteiger partial charge in [-0.3, -0.25) is 9.48 Å². The third-order valence-corrected chi connectivity index (χ3v) is 3.55. The van der Waals surface area contributed by atoms with Crippen LogP contribution in [-0.2, 0) is 7.05 Å². The minimum atomic E-state index is -0.149. The smallest absolute Gasteiger partial charge is 0.257 e. The number of nitrogens with one attached hydrogen (secondary N) is 1. The largest absolute Gasteiger partial charge is 0.307 e. The Labute approximate surface area is 108 Å². The van der Waals surface area contributed by atoms with Crippen molar-refractivity contribution in [2.45, 2.75) is 6.92 Å². The molecule has 0 unspecified atom stereocenters. The summed E-state index contributed by atoms with van der Waals surface area (Å²) in [6, 6.07) is 7.34. The van der Waals surface area contributed by atoms with Crippen LogP contribution >= 0.6 is 15.9 Å². The molecule has 0 fully saturated rings. The van der Waals surface area contributed by atoms with Crippen LogP contribution in [0.5, 0.6) is 0 Å². The van der Waals surface area contributed by atoms with Crippen LogP contribution < -0.4 is 5.32 Å². The SMILES string of the molecule is Cc1cccc(C(=O)Nc2ccnn2C)c1Br. The number of carbonyl (C=O) groups is 1. The molecular formula is C12H12BrN3O. The van der Waals surface area contributed by atoms with Gasteiger partial charge < -0.3 is 5.32 Å². The first-order chi connectivity index (χ1) is 8.09. The van der Waals surface area contributed by atoms with Crippen LogP contribution in [0.25, 0.3) is 0 Å². The molecule has 0 bridgehead atoms. The number of rotatable bonds is 2. The van der Waals surface area contributed by atoms with Gasteiger partial charge in [0.25, 0.3) is 5.91 Å². The molecule has 0 saturated carbocycles. The molecule has 0 saturated heterocycles.